The lowest BCUT2D eigenvalue weighted by atomic mass is 10.1. The summed E-state index contributed by atoms with van der Waals surface area (Å²) < 4.78 is 5.27. The number of carbonyl (C=O) groups excluding carboxylic acids is 1. The second-order valence-electron chi connectivity index (χ2n) is 3.89. The van der Waals surface area contributed by atoms with E-state index in [2.05, 4.69) is 6.07 Å². The molecule has 2 heterocycles. The van der Waals surface area contributed by atoms with Crippen molar-refractivity contribution in [2.45, 2.75) is 20.3 Å². The Hall–Kier alpha value is -1.76. The van der Waals surface area contributed by atoms with Crippen LogP contribution in [0.3, 0.4) is 0 Å². The molecular formula is C11H12N2O2. The van der Waals surface area contributed by atoms with Crippen LogP contribution in [0.15, 0.2) is 10.7 Å². The summed E-state index contributed by atoms with van der Waals surface area (Å²) in [6.07, 6.45) is 2.34. The standard InChI is InChI=1S/C11H12N2O2/c1-7-3-4-13(10(7)14)11-9(5-12)8(2)6-15-11/h6-7H,3-4H2,1-2H3. The molecule has 0 N–H and O–H groups in total. The van der Waals surface area contributed by atoms with Gasteiger partial charge in [-0.2, -0.15) is 5.26 Å². The molecule has 0 aromatic carbocycles. The Morgan fingerprint density at radius 1 is 1.67 bits per heavy atom. The molecule has 1 unspecified atom stereocenters. The average Bonchev–Trinajstić information content (AvgIpc) is 2.73. The van der Waals surface area contributed by atoms with Crippen LogP contribution in [0, 0.1) is 24.2 Å². The summed E-state index contributed by atoms with van der Waals surface area (Å²) in [5.41, 5.74) is 1.25. The minimum absolute atomic E-state index is 0.0296. The summed E-state index contributed by atoms with van der Waals surface area (Å²) in [7, 11) is 0. The highest BCUT2D eigenvalue weighted by atomic mass is 16.3. The zero-order valence-corrected chi connectivity index (χ0v) is 8.78. The Kier molecular flexibility index (Phi) is 2.24. The maximum absolute atomic E-state index is 11.7. The highest BCUT2D eigenvalue weighted by Crippen LogP contribution is 2.30. The fourth-order valence-corrected chi connectivity index (χ4v) is 1.79. The van der Waals surface area contributed by atoms with E-state index in [9.17, 15) is 4.79 Å². The van der Waals surface area contributed by atoms with Gasteiger partial charge in [0.1, 0.15) is 11.6 Å². The Bertz CT molecular complexity index is 442. The number of nitriles is 1. The Labute approximate surface area is 88.1 Å². The van der Waals surface area contributed by atoms with E-state index < -0.39 is 0 Å². The Balaban J connectivity index is 2.39. The van der Waals surface area contributed by atoms with Crippen molar-refractivity contribution in [3.63, 3.8) is 0 Å². The van der Waals surface area contributed by atoms with Gasteiger partial charge in [0, 0.05) is 18.0 Å². The summed E-state index contributed by atoms with van der Waals surface area (Å²) in [5, 5.41) is 8.95. The lowest BCUT2D eigenvalue weighted by Gasteiger charge is -2.12. The van der Waals surface area contributed by atoms with Crippen LogP contribution in [0.4, 0.5) is 5.88 Å². The lowest BCUT2D eigenvalue weighted by Crippen LogP contribution is -2.26. The molecule has 1 aliphatic heterocycles. The predicted molar refractivity (Wildman–Crippen MR) is 54.3 cm³/mol. The first-order chi connectivity index (χ1) is 7.15. The molecule has 0 radical (unpaired) electrons. The number of aryl methyl sites for hydroxylation is 1. The summed E-state index contributed by atoms with van der Waals surface area (Å²) in [6, 6.07) is 2.07. The van der Waals surface area contributed by atoms with Gasteiger partial charge in [0.25, 0.3) is 0 Å². The van der Waals surface area contributed by atoms with Crippen LogP contribution < -0.4 is 4.90 Å². The van der Waals surface area contributed by atoms with E-state index in [1.165, 1.54) is 6.26 Å². The highest BCUT2D eigenvalue weighted by molar-refractivity contribution is 5.96. The van der Waals surface area contributed by atoms with E-state index in [4.69, 9.17) is 9.68 Å². The molecule has 1 atom stereocenters. The van der Waals surface area contributed by atoms with E-state index in [1.807, 2.05) is 6.92 Å². The maximum Gasteiger partial charge on any atom is 0.232 e. The third-order valence-corrected chi connectivity index (χ3v) is 2.79. The van der Waals surface area contributed by atoms with Gasteiger partial charge in [-0.3, -0.25) is 9.69 Å². The number of furan rings is 1. The second kappa shape index (κ2) is 3.43. The molecule has 1 aliphatic rings. The van der Waals surface area contributed by atoms with Crippen LogP contribution in [0.25, 0.3) is 0 Å². The van der Waals surface area contributed by atoms with Gasteiger partial charge < -0.3 is 4.42 Å². The number of carbonyl (C=O) groups is 1. The van der Waals surface area contributed by atoms with Crippen molar-refractivity contribution in [3.8, 4) is 6.07 Å². The van der Waals surface area contributed by atoms with Gasteiger partial charge in [-0.15, -0.1) is 0 Å². The monoisotopic (exact) mass is 204 g/mol. The van der Waals surface area contributed by atoms with Crippen molar-refractivity contribution >= 4 is 11.8 Å². The molecule has 0 bridgehead atoms. The SMILES string of the molecule is Cc1coc(N2CCC(C)C2=O)c1C#N. The number of nitrogens with zero attached hydrogens (tertiary/aromatic N) is 2. The smallest absolute Gasteiger partial charge is 0.232 e. The molecular weight excluding hydrogens is 192 g/mol. The van der Waals surface area contributed by atoms with Crippen molar-refractivity contribution < 1.29 is 9.21 Å². The molecule has 4 nitrogen and oxygen atoms in total. The van der Waals surface area contributed by atoms with Crippen molar-refractivity contribution in [1.82, 2.24) is 0 Å². The number of amides is 1. The first kappa shape index (κ1) is 9.78. The summed E-state index contributed by atoms with van der Waals surface area (Å²) in [5.74, 6) is 0.479. The summed E-state index contributed by atoms with van der Waals surface area (Å²) in [6.45, 7) is 4.33. The Morgan fingerprint density at radius 2 is 2.40 bits per heavy atom. The molecule has 1 saturated heterocycles. The highest BCUT2D eigenvalue weighted by Gasteiger charge is 2.32. The van der Waals surface area contributed by atoms with Crippen molar-refractivity contribution in [2.75, 3.05) is 11.4 Å². The lowest BCUT2D eigenvalue weighted by molar-refractivity contribution is -0.120. The van der Waals surface area contributed by atoms with Gasteiger partial charge >= 0.3 is 0 Å². The van der Waals surface area contributed by atoms with Crippen molar-refractivity contribution in [1.29, 1.82) is 5.26 Å². The molecule has 1 fully saturated rings. The molecule has 0 aliphatic carbocycles. The van der Waals surface area contributed by atoms with Crippen LogP contribution in [0.5, 0.6) is 0 Å². The molecule has 2 rings (SSSR count). The van der Waals surface area contributed by atoms with Gasteiger partial charge in [0.2, 0.25) is 11.8 Å². The summed E-state index contributed by atoms with van der Waals surface area (Å²) in [4.78, 5) is 13.3. The van der Waals surface area contributed by atoms with Crippen molar-refractivity contribution in [3.05, 3.63) is 17.4 Å². The van der Waals surface area contributed by atoms with E-state index in [0.29, 0.717) is 18.0 Å². The van der Waals surface area contributed by atoms with Gasteiger partial charge in [-0.25, -0.2) is 0 Å². The number of anilines is 1. The third kappa shape index (κ3) is 1.40. The normalized spacial score (nSPS) is 20.7. The predicted octanol–water partition coefficient (Wildman–Crippen LogP) is 1.83. The van der Waals surface area contributed by atoms with E-state index in [1.54, 1.807) is 11.8 Å². The quantitative estimate of drug-likeness (QED) is 0.701. The molecule has 4 heteroatoms. The van der Waals surface area contributed by atoms with Crippen LogP contribution in [-0.2, 0) is 4.79 Å². The molecule has 1 amide bonds. The zero-order chi connectivity index (χ0) is 11.0. The Morgan fingerprint density at radius 3 is 2.93 bits per heavy atom. The van der Waals surface area contributed by atoms with Gasteiger partial charge in [-0.05, 0) is 13.3 Å². The van der Waals surface area contributed by atoms with E-state index in [-0.39, 0.29) is 11.8 Å². The third-order valence-electron chi connectivity index (χ3n) is 2.79. The van der Waals surface area contributed by atoms with Crippen LogP contribution in [0.1, 0.15) is 24.5 Å². The number of hydrogen-bond acceptors (Lipinski definition) is 3. The minimum atomic E-state index is 0.0296. The zero-order valence-electron chi connectivity index (χ0n) is 8.78. The molecule has 78 valence electrons. The summed E-state index contributed by atoms with van der Waals surface area (Å²) >= 11 is 0. The van der Waals surface area contributed by atoms with Crippen LogP contribution >= 0.6 is 0 Å². The van der Waals surface area contributed by atoms with Gasteiger partial charge in [0.05, 0.1) is 6.26 Å². The van der Waals surface area contributed by atoms with E-state index >= 15 is 0 Å². The number of rotatable bonds is 1. The average molecular weight is 204 g/mol. The first-order valence-corrected chi connectivity index (χ1v) is 4.94. The van der Waals surface area contributed by atoms with E-state index in [0.717, 1.165) is 12.0 Å². The topological polar surface area (TPSA) is 57.2 Å². The fraction of sp³-hybridized carbons (Fsp3) is 0.455. The molecule has 15 heavy (non-hydrogen) atoms. The van der Waals surface area contributed by atoms with Gasteiger partial charge in [0.15, 0.2) is 0 Å². The first-order valence-electron chi connectivity index (χ1n) is 4.94. The van der Waals surface area contributed by atoms with Crippen LogP contribution in [-0.4, -0.2) is 12.5 Å². The van der Waals surface area contributed by atoms with Gasteiger partial charge in [-0.1, -0.05) is 6.92 Å². The van der Waals surface area contributed by atoms with Crippen molar-refractivity contribution in [2.24, 2.45) is 5.92 Å². The fourth-order valence-electron chi connectivity index (χ4n) is 1.79. The molecule has 0 spiro atoms. The molecule has 1 aromatic heterocycles. The van der Waals surface area contributed by atoms with Crippen LogP contribution in [0.2, 0.25) is 0 Å². The number of hydrogen-bond donors (Lipinski definition) is 0. The second-order valence-corrected chi connectivity index (χ2v) is 3.89. The molecule has 0 saturated carbocycles. The molecule has 1 aromatic rings. The largest absolute Gasteiger partial charge is 0.447 e. The minimum Gasteiger partial charge on any atom is -0.447 e. The maximum atomic E-state index is 11.7.